The molecule has 0 atom stereocenters. The number of carbonyl (C=O) groups excluding carboxylic acids is 1. The Morgan fingerprint density at radius 1 is 1.23 bits per heavy atom. The summed E-state index contributed by atoms with van der Waals surface area (Å²) < 4.78 is 0. The third-order valence-electron chi connectivity index (χ3n) is 1.45. The summed E-state index contributed by atoms with van der Waals surface area (Å²) in [5, 5.41) is -0.270. The molecule has 1 aromatic rings. The van der Waals surface area contributed by atoms with Crippen LogP contribution in [-0.4, -0.2) is 10.7 Å². The molecule has 0 spiro atoms. The Balaban J connectivity index is 0. The van der Waals surface area contributed by atoms with Gasteiger partial charge in [0.25, 0.3) is 0 Å². The van der Waals surface area contributed by atoms with Gasteiger partial charge in [-0.25, -0.2) is 0 Å². The SMILES string of the molecule is O=C(Cl)CCc1ccccc1.[Na+].[OH-]. The minimum Gasteiger partial charge on any atom is -0.870 e. The Bertz CT molecular complexity index is 239. The van der Waals surface area contributed by atoms with E-state index >= 15 is 0 Å². The van der Waals surface area contributed by atoms with Crippen molar-refractivity contribution < 1.29 is 39.8 Å². The fraction of sp³-hybridized carbons (Fsp3) is 0.222. The summed E-state index contributed by atoms with van der Waals surface area (Å²) in [6, 6.07) is 9.83. The van der Waals surface area contributed by atoms with E-state index in [0.29, 0.717) is 6.42 Å². The van der Waals surface area contributed by atoms with E-state index in [1.54, 1.807) is 0 Å². The average Bonchev–Trinajstić information content (AvgIpc) is 2.03. The van der Waals surface area contributed by atoms with Gasteiger partial charge >= 0.3 is 29.6 Å². The van der Waals surface area contributed by atoms with Gasteiger partial charge in [-0.1, -0.05) is 30.3 Å². The van der Waals surface area contributed by atoms with Crippen LogP contribution in [0.5, 0.6) is 0 Å². The van der Waals surface area contributed by atoms with Crippen LogP contribution < -0.4 is 29.6 Å². The molecule has 0 aliphatic heterocycles. The summed E-state index contributed by atoms with van der Waals surface area (Å²) >= 11 is 5.19. The Morgan fingerprint density at radius 3 is 2.23 bits per heavy atom. The minimum absolute atomic E-state index is 0. The van der Waals surface area contributed by atoms with Crippen LogP contribution in [0.25, 0.3) is 0 Å². The molecule has 0 fully saturated rings. The molecule has 0 heterocycles. The predicted molar refractivity (Wildman–Crippen MR) is 47.6 cm³/mol. The standard InChI is InChI=1S/C9H9ClO.Na.H2O/c10-9(11)7-6-8-4-2-1-3-5-8;;/h1-5H,6-7H2;;1H2/q;+1;/p-1. The van der Waals surface area contributed by atoms with E-state index in [2.05, 4.69) is 0 Å². The van der Waals surface area contributed by atoms with Crippen LogP contribution in [0.3, 0.4) is 0 Å². The van der Waals surface area contributed by atoms with E-state index in [-0.39, 0.29) is 40.3 Å². The van der Waals surface area contributed by atoms with Crippen molar-refractivity contribution in [1.29, 1.82) is 0 Å². The molecule has 0 unspecified atom stereocenters. The van der Waals surface area contributed by atoms with Gasteiger partial charge in [-0.05, 0) is 23.6 Å². The quantitative estimate of drug-likeness (QED) is 0.483. The van der Waals surface area contributed by atoms with E-state index < -0.39 is 0 Å². The summed E-state index contributed by atoms with van der Waals surface area (Å²) in [5.41, 5.74) is 1.15. The topological polar surface area (TPSA) is 47.1 Å². The van der Waals surface area contributed by atoms with Gasteiger partial charge < -0.3 is 5.48 Å². The van der Waals surface area contributed by atoms with Gasteiger partial charge in [0.2, 0.25) is 5.24 Å². The molecule has 0 saturated carbocycles. The largest absolute Gasteiger partial charge is 1.00 e. The van der Waals surface area contributed by atoms with E-state index in [1.807, 2.05) is 30.3 Å². The number of aryl methyl sites for hydroxylation is 1. The van der Waals surface area contributed by atoms with E-state index in [1.165, 1.54) is 0 Å². The molecule has 0 bridgehead atoms. The zero-order valence-electron chi connectivity index (χ0n) is 7.53. The summed E-state index contributed by atoms with van der Waals surface area (Å²) in [4.78, 5) is 10.4. The Labute approximate surface area is 105 Å². The van der Waals surface area contributed by atoms with Gasteiger partial charge in [0.1, 0.15) is 0 Å². The van der Waals surface area contributed by atoms with Crippen molar-refractivity contribution in [2.24, 2.45) is 0 Å². The number of carbonyl (C=O) groups is 1. The minimum atomic E-state index is -0.270. The van der Waals surface area contributed by atoms with Crippen LogP contribution in [0.2, 0.25) is 0 Å². The number of rotatable bonds is 3. The fourth-order valence-electron chi connectivity index (χ4n) is 0.887. The first-order chi connectivity index (χ1) is 5.29. The van der Waals surface area contributed by atoms with Crippen LogP contribution in [0.1, 0.15) is 12.0 Å². The summed E-state index contributed by atoms with van der Waals surface area (Å²) in [6.07, 6.45) is 1.16. The second-order valence-electron chi connectivity index (χ2n) is 2.34. The Hall–Kier alpha value is 0.140. The van der Waals surface area contributed by atoms with Crippen molar-refractivity contribution in [1.82, 2.24) is 0 Å². The van der Waals surface area contributed by atoms with Gasteiger partial charge in [-0.15, -0.1) is 0 Å². The molecule has 0 saturated heterocycles. The molecule has 66 valence electrons. The van der Waals surface area contributed by atoms with Crippen LogP contribution in [-0.2, 0) is 11.2 Å². The van der Waals surface area contributed by atoms with E-state index in [0.717, 1.165) is 12.0 Å². The molecular weight excluding hydrogens is 199 g/mol. The maximum atomic E-state index is 10.4. The molecule has 0 aliphatic carbocycles. The van der Waals surface area contributed by atoms with Gasteiger partial charge in [0, 0.05) is 6.42 Å². The number of hydrogen-bond donors (Lipinski definition) is 0. The maximum absolute atomic E-state index is 10.4. The molecule has 1 N–H and O–H groups in total. The third kappa shape index (κ3) is 7.23. The number of hydrogen-bond acceptors (Lipinski definition) is 2. The number of benzene rings is 1. The normalized spacial score (nSPS) is 8.08. The second kappa shape index (κ2) is 8.73. The van der Waals surface area contributed by atoms with Crippen molar-refractivity contribution >= 4 is 16.8 Å². The maximum Gasteiger partial charge on any atom is 1.00 e. The van der Waals surface area contributed by atoms with Crippen LogP contribution in [0, 0.1) is 0 Å². The zero-order valence-corrected chi connectivity index (χ0v) is 10.3. The van der Waals surface area contributed by atoms with Gasteiger partial charge in [0.05, 0.1) is 0 Å². The molecule has 0 aromatic heterocycles. The fourth-order valence-corrected chi connectivity index (χ4v) is 0.982. The smallest absolute Gasteiger partial charge is 0.870 e. The monoisotopic (exact) mass is 208 g/mol. The van der Waals surface area contributed by atoms with Gasteiger partial charge in [0.15, 0.2) is 0 Å². The second-order valence-corrected chi connectivity index (χ2v) is 2.76. The van der Waals surface area contributed by atoms with Crippen LogP contribution in [0.15, 0.2) is 30.3 Å². The van der Waals surface area contributed by atoms with E-state index in [9.17, 15) is 4.79 Å². The van der Waals surface area contributed by atoms with E-state index in [4.69, 9.17) is 11.6 Å². The van der Waals surface area contributed by atoms with Crippen molar-refractivity contribution in [3.05, 3.63) is 35.9 Å². The molecule has 1 aromatic carbocycles. The molecule has 4 heteroatoms. The van der Waals surface area contributed by atoms with Crippen molar-refractivity contribution in [3.63, 3.8) is 0 Å². The first-order valence-corrected chi connectivity index (χ1v) is 3.89. The van der Waals surface area contributed by atoms with Gasteiger partial charge in [-0.3, -0.25) is 4.79 Å². The summed E-state index contributed by atoms with van der Waals surface area (Å²) in [5.74, 6) is 0. The van der Waals surface area contributed by atoms with Crippen LogP contribution >= 0.6 is 11.6 Å². The average molecular weight is 209 g/mol. The molecule has 0 radical (unpaired) electrons. The van der Waals surface area contributed by atoms with Crippen molar-refractivity contribution in [2.45, 2.75) is 12.8 Å². The predicted octanol–water partition coefficient (Wildman–Crippen LogP) is -0.788. The van der Waals surface area contributed by atoms with Crippen LogP contribution in [0.4, 0.5) is 0 Å². The number of halogens is 1. The zero-order chi connectivity index (χ0) is 8.10. The third-order valence-corrected chi connectivity index (χ3v) is 1.64. The molecule has 2 nitrogen and oxygen atoms in total. The summed E-state index contributed by atoms with van der Waals surface area (Å²) in [6.45, 7) is 0. The van der Waals surface area contributed by atoms with Crippen molar-refractivity contribution in [2.75, 3.05) is 0 Å². The molecule has 13 heavy (non-hydrogen) atoms. The Morgan fingerprint density at radius 2 is 1.77 bits per heavy atom. The Kier molecular flexibility index (Phi) is 10.5. The molecule has 1 rings (SSSR count). The molecule has 0 aliphatic rings. The first-order valence-electron chi connectivity index (χ1n) is 3.51. The molecule has 0 amide bonds. The first kappa shape index (κ1) is 15.6. The van der Waals surface area contributed by atoms with Gasteiger partial charge in [-0.2, -0.15) is 0 Å². The molecular formula is C9H10ClNaO2. The summed E-state index contributed by atoms with van der Waals surface area (Å²) in [7, 11) is 0. The van der Waals surface area contributed by atoms with Crippen molar-refractivity contribution in [3.8, 4) is 0 Å².